The van der Waals surface area contributed by atoms with Crippen molar-refractivity contribution in [3.63, 3.8) is 0 Å². The van der Waals surface area contributed by atoms with Crippen LogP contribution in [0.5, 0.6) is 0 Å². The first-order valence-electron chi connectivity index (χ1n) is 5.75. The van der Waals surface area contributed by atoms with E-state index in [1.165, 1.54) is 32.2 Å². The first-order chi connectivity index (χ1) is 6.31. The first-order valence-corrected chi connectivity index (χ1v) is 5.75. The average molecular weight is 186 g/mol. The van der Waals surface area contributed by atoms with Gasteiger partial charge in [0.05, 0.1) is 0 Å². The summed E-state index contributed by atoms with van der Waals surface area (Å²) in [5.74, 6) is 0. The van der Waals surface area contributed by atoms with Crippen molar-refractivity contribution >= 4 is 0 Å². The van der Waals surface area contributed by atoms with Crippen molar-refractivity contribution in [1.82, 2.24) is 10.6 Å². The smallest absolute Gasteiger partial charge is 0.00792 e. The van der Waals surface area contributed by atoms with E-state index in [4.69, 9.17) is 0 Å². The fraction of sp³-hybridized carbons (Fsp3) is 1.00. The predicted octanol–water partition coefficient (Wildman–Crippen LogP) is 2.15. The average Bonchev–Trinajstić information content (AvgIpc) is 2.16. The van der Waals surface area contributed by atoms with Gasteiger partial charge >= 0.3 is 0 Å². The van der Waals surface area contributed by atoms with Gasteiger partial charge in [-0.15, -0.1) is 0 Å². The third-order valence-electron chi connectivity index (χ3n) is 2.36. The number of rotatable bonds is 9. The van der Waals surface area contributed by atoms with Gasteiger partial charge in [0.25, 0.3) is 0 Å². The summed E-state index contributed by atoms with van der Waals surface area (Å²) in [7, 11) is 0. The third-order valence-corrected chi connectivity index (χ3v) is 2.36. The second-order valence-corrected chi connectivity index (χ2v) is 3.72. The summed E-state index contributed by atoms with van der Waals surface area (Å²) in [6, 6.07) is 0.664. The molecule has 0 unspecified atom stereocenters. The second-order valence-electron chi connectivity index (χ2n) is 3.72. The minimum absolute atomic E-state index is 0.664. The van der Waals surface area contributed by atoms with Crippen LogP contribution >= 0.6 is 0 Å². The summed E-state index contributed by atoms with van der Waals surface area (Å²) in [5, 5.41) is 6.90. The Kier molecular flexibility index (Phi) is 9.94. The van der Waals surface area contributed by atoms with Gasteiger partial charge in [-0.1, -0.05) is 26.7 Å². The van der Waals surface area contributed by atoms with E-state index in [9.17, 15) is 0 Å². The van der Waals surface area contributed by atoms with Crippen molar-refractivity contribution in [3.05, 3.63) is 0 Å². The summed E-state index contributed by atoms with van der Waals surface area (Å²) in [5.41, 5.74) is 0. The van der Waals surface area contributed by atoms with Crippen LogP contribution in [0.25, 0.3) is 0 Å². The van der Waals surface area contributed by atoms with Crippen LogP contribution in [0.2, 0.25) is 0 Å². The molecular weight excluding hydrogens is 160 g/mol. The van der Waals surface area contributed by atoms with E-state index >= 15 is 0 Å². The Morgan fingerprint density at radius 1 is 1.00 bits per heavy atom. The van der Waals surface area contributed by atoms with E-state index in [1.54, 1.807) is 0 Å². The molecule has 0 bridgehead atoms. The molecule has 0 aliphatic rings. The van der Waals surface area contributed by atoms with E-state index in [0.29, 0.717) is 6.04 Å². The summed E-state index contributed by atoms with van der Waals surface area (Å²) < 4.78 is 0. The molecule has 13 heavy (non-hydrogen) atoms. The van der Waals surface area contributed by atoms with Crippen molar-refractivity contribution in [2.75, 3.05) is 19.6 Å². The minimum atomic E-state index is 0.664. The van der Waals surface area contributed by atoms with Crippen LogP contribution in [-0.4, -0.2) is 25.7 Å². The van der Waals surface area contributed by atoms with Gasteiger partial charge in [-0.2, -0.15) is 0 Å². The first kappa shape index (κ1) is 12.9. The quantitative estimate of drug-likeness (QED) is 0.539. The number of hydrogen-bond donors (Lipinski definition) is 2. The highest BCUT2D eigenvalue weighted by Crippen LogP contribution is 1.90. The van der Waals surface area contributed by atoms with E-state index in [1.807, 2.05) is 0 Å². The molecule has 80 valence electrons. The molecule has 0 radical (unpaired) electrons. The Bertz CT molecular complexity index is 94.1. The molecule has 0 heterocycles. The highest BCUT2D eigenvalue weighted by Gasteiger charge is 1.94. The standard InChI is InChI=1S/C11H26N2/c1-4-6-7-8-12-9-10-13-11(3)5-2/h11-13H,4-10H2,1-3H3/t11-/m1/s1. The summed E-state index contributed by atoms with van der Waals surface area (Å²) in [6.07, 6.45) is 5.20. The fourth-order valence-electron chi connectivity index (χ4n) is 1.18. The van der Waals surface area contributed by atoms with Gasteiger partial charge in [-0.25, -0.2) is 0 Å². The van der Waals surface area contributed by atoms with Crippen LogP contribution in [0.15, 0.2) is 0 Å². The van der Waals surface area contributed by atoms with Gasteiger partial charge in [0.15, 0.2) is 0 Å². The third kappa shape index (κ3) is 9.84. The molecule has 0 amide bonds. The molecule has 0 rings (SSSR count). The van der Waals surface area contributed by atoms with Crippen molar-refractivity contribution in [2.45, 2.75) is 52.5 Å². The SMILES string of the molecule is CCCCCNCCN[C@H](C)CC. The van der Waals surface area contributed by atoms with Gasteiger partial charge in [-0.3, -0.25) is 0 Å². The zero-order valence-corrected chi connectivity index (χ0v) is 9.53. The molecule has 2 N–H and O–H groups in total. The topological polar surface area (TPSA) is 24.1 Å². The van der Waals surface area contributed by atoms with Gasteiger partial charge in [0, 0.05) is 19.1 Å². The Morgan fingerprint density at radius 3 is 2.38 bits per heavy atom. The zero-order valence-electron chi connectivity index (χ0n) is 9.53. The van der Waals surface area contributed by atoms with Gasteiger partial charge in [0.1, 0.15) is 0 Å². The lowest BCUT2D eigenvalue weighted by molar-refractivity contribution is 0.512. The maximum absolute atomic E-state index is 3.46. The van der Waals surface area contributed by atoms with Crippen LogP contribution in [0.1, 0.15) is 46.5 Å². The Labute approximate surface area is 83.5 Å². The van der Waals surface area contributed by atoms with Crippen LogP contribution in [0.3, 0.4) is 0 Å². The number of hydrogen-bond acceptors (Lipinski definition) is 2. The highest BCUT2D eigenvalue weighted by atomic mass is 15.0. The molecular formula is C11H26N2. The molecule has 0 saturated heterocycles. The highest BCUT2D eigenvalue weighted by molar-refractivity contribution is 4.58. The molecule has 0 aliphatic heterocycles. The normalized spacial score (nSPS) is 13.2. The van der Waals surface area contributed by atoms with Crippen molar-refractivity contribution in [2.24, 2.45) is 0 Å². The summed E-state index contributed by atoms with van der Waals surface area (Å²) in [4.78, 5) is 0. The maximum atomic E-state index is 3.46. The predicted molar refractivity (Wildman–Crippen MR) is 60.2 cm³/mol. The molecule has 0 saturated carbocycles. The molecule has 1 atom stereocenters. The van der Waals surface area contributed by atoms with Crippen molar-refractivity contribution < 1.29 is 0 Å². The monoisotopic (exact) mass is 186 g/mol. The van der Waals surface area contributed by atoms with Crippen LogP contribution < -0.4 is 10.6 Å². The van der Waals surface area contributed by atoms with E-state index < -0.39 is 0 Å². The van der Waals surface area contributed by atoms with Crippen LogP contribution in [0, 0.1) is 0 Å². The van der Waals surface area contributed by atoms with Crippen LogP contribution in [-0.2, 0) is 0 Å². The molecule has 0 spiro atoms. The Balaban J connectivity index is 2.91. The van der Waals surface area contributed by atoms with Gasteiger partial charge in [0.2, 0.25) is 0 Å². The molecule has 0 aromatic carbocycles. The molecule has 0 aromatic rings. The largest absolute Gasteiger partial charge is 0.315 e. The molecule has 0 fully saturated rings. The minimum Gasteiger partial charge on any atom is -0.315 e. The Hall–Kier alpha value is -0.0800. The molecule has 2 heteroatoms. The van der Waals surface area contributed by atoms with Gasteiger partial charge in [-0.05, 0) is 26.3 Å². The number of unbranched alkanes of at least 4 members (excludes halogenated alkanes) is 2. The Morgan fingerprint density at radius 2 is 1.77 bits per heavy atom. The van der Waals surface area contributed by atoms with Crippen molar-refractivity contribution in [1.29, 1.82) is 0 Å². The van der Waals surface area contributed by atoms with Gasteiger partial charge < -0.3 is 10.6 Å². The summed E-state index contributed by atoms with van der Waals surface area (Å²) >= 11 is 0. The van der Waals surface area contributed by atoms with Crippen LogP contribution in [0.4, 0.5) is 0 Å². The summed E-state index contributed by atoms with van der Waals surface area (Å²) in [6.45, 7) is 10.1. The maximum Gasteiger partial charge on any atom is 0.00792 e. The molecule has 0 aromatic heterocycles. The fourth-order valence-corrected chi connectivity index (χ4v) is 1.18. The van der Waals surface area contributed by atoms with E-state index in [-0.39, 0.29) is 0 Å². The lowest BCUT2D eigenvalue weighted by atomic mass is 10.2. The molecule has 0 aliphatic carbocycles. The van der Waals surface area contributed by atoms with Crippen molar-refractivity contribution in [3.8, 4) is 0 Å². The van der Waals surface area contributed by atoms with E-state index in [2.05, 4.69) is 31.4 Å². The van der Waals surface area contributed by atoms with E-state index in [0.717, 1.165) is 13.1 Å². The zero-order chi connectivity index (χ0) is 9.94. The number of nitrogens with one attached hydrogen (secondary N) is 2. The molecule has 2 nitrogen and oxygen atoms in total. The lowest BCUT2D eigenvalue weighted by Gasteiger charge is -2.11. The lowest BCUT2D eigenvalue weighted by Crippen LogP contribution is -2.33. The second kappa shape index (κ2) is 10.0.